The van der Waals surface area contributed by atoms with E-state index in [1.807, 2.05) is 0 Å². The van der Waals surface area contributed by atoms with Crippen molar-refractivity contribution in [3.8, 4) is 0 Å². The van der Waals surface area contributed by atoms with Gasteiger partial charge in [0.25, 0.3) is 5.72 Å². The molecule has 1 aliphatic rings. The first-order chi connectivity index (χ1) is 11.0. The lowest BCUT2D eigenvalue weighted by Crippen LogP contribution is -2.56. The Kier molecular flexibility index (Phi) is 4.35. The van der Waals surface area contributed by atoms with Gasteiger partial charge in [0.05, 0.1) is 11.5 Å². The van der Waals surface area contributed by atoms with Crippen LogP contribution in [-0.4, -0.2) is 48.8 Å². The van der Waals surface area contributed by atoms with Crippen LogP contribution in [0.15, 0.2) is 5.10 Å². The Balaban J connectivity index is 2.13. The molecule has 2 heterocycles. The van der Waals surface area contributed by atoms with E-state index in [0.717, 1.165) is 10.9 Å². The number of aliphatic hydroxyl groups is 1. The fourth-order valence-corrected chi connectivity index (χ4v) is 2.42. The molecule has 1 aliphatic heterocycles. The van der Waals surface area contributed by atoms with E-state index in [0.29, 0.717) is 0 Å². The van der Waals surface area contributed by atoms with E-state index in [4.69, 9.17) is 0 Å². The van der Waals surface area contributed by atoms with E-state index in [-0.39, 0.29) is 28.6 Å². The van der Waals surface area contributed by atoms with Crippen LogP contribution in [0.3, 0.4) is 0 Å². The number of nitrogens with zero attached hydrogens (tertiary/aromatic N) is 5. The molecule has 9 nitrogen and oxygen atoms in total. The first kappa shape index (κ1) is 17.8. The molecule has 12 heteroatoms. The predicted molar refractivity (Wildman–Crippen MR) is 73.9 cm³/mol. The molecule has 1 amide bonds. The smallest absolute Gasteiger partial charge is 0.362 e. The van der Waals surface area contributed by atoms with Crippen LogP contribution in [0.2, 0.25) is 0 Å². The van der Waals surface area contributed by atoms with E-state index in [9.17, 15) is 33.2 Å². The number of hydrazone groups is 1. The molecule has 0 aliphatic carbocycles. The second kappa shape index (κ2) is 5.85. The normalized spacial score (nSPS) is 20.7. The van der Waals surface area contributed by atoms with Gasteiger partial charge in [-0.2, -0.15) is 28.4 Å². The molecule has 0 bridgehead atoms. The zero-order chi connectivity index (χ0) is 18.3. The molecule has 1 N–H and O–H groups in total. The standard InChI is InChI=1S/C12H14F3N5O4/c1-7-10(20(23)24)8(2)18(17-7)6-3-9(21)19-11(22,4-5-16-19)12(13,14)15/h5,22H,3-4,6H2,1-2H3. The maximum absolute atomic E-state index is 12.9. The van der Waals surface area contributed by atoms with Gasteiger partial charge < -0.3 is 5.11 Å². The highest BCUT2D eigenvalue weighted by Crippen LogP contribution is 2.38. The number of carbonyl (C=O) groups excluding carboxylic acids is 1. The number of nitro groups is 1. The lowest BCUT2D eigenvalue weighted by molar-refractivity contribution is -0.386. The quantitative estimate of drug-likeness (QED) is 0.649. The van der Waals surface area contributed by atoms with Crippen molar-refractivity contribution in [2.45, 2.75) is 45.1 Å². The molecule has 1 aromatic rings. The number of carbonyl (C=O) groups is 1. The molecule has 0 fully saturated rings. The molecule has 2 rings (SSSR count). The Hall–Kier alpha value is -2.50. The molecular weight excluding hydrogens is 335 g/mol. The summed E-state index contributed by atoms with van der Waals surface area (Å²) in [6, 6.07) is 0. The van der Waals surface area contributed by atoms with Gasteiger partial charge in [-0.15, -0.1) is 0 Å². The maximum atomic E-state index is 12.9. The van der Waals surface area contributed by atoms with Crippen LogP contribution in [0, 0.1) is 24.0 Å². The average Bonchev–Trinajstić information content (AvgIpc) is 2.97. The summed E-state index contributed by atoms with van der Waals surface area (Å²) in [6.45, 7) is 2.65. The van der Waals surface area contributed by atoms with Crippen LogP contribution in [0.25, 0.3) is 0 Å². The Labute approximate surface area is 133 Å². The van der Waals surface area contributed by atoms with Gasteiger partial charge in [0.15, 0.2) is 0 Å². The summed E-state index contributed by atoms with van der Waals surface area (Å²) < 4.78 is 39.9. The van der Waals surface area contributed by atoms with Crippen molar-refractivity contribution in [3.63, 3.8) is 0 Å². The third-order valence-corrected chi connectivity index (χ3v) is 3.68. The van der Waals surface area contributed by atoms with Gasteiger partial charge >= 0.3 is 11.9 Å². The predicted octanol–water partition coefficient (Wildman–Crippen LogP) is 1.27. The van der Waals surface area contributed by atoms with Crippen LogP contribution in [0.5, 0.6) is 0 Å². The van der Waals surface area contributed by atoms with Gasteiger partial charge in [-0.3, -0.25) is 19.6 Å². The first-order valence-corrected chi connectivity index (χ1v) is 6.82. The van der Waals surface area contributed by atoms with Crippen LogP contribution < -0.4 is 0 Å². The minimum atomic E-state index is -5.06. The molecule has 0 saturated heterocycles. The summed E-state index contributed by atoms with van der Waals surface area (Å²) in [5.74, 6) is -1.07. The average molecular weight is 349 g/mol. The molecule has 1 unspecified atom stereocenters. The maximum Gasteiger partial charge on any atom is 0.438 e. The monoisotopic (exact) mass is 349 g/mol. The number of aromatic nitrogens is 2. The van der Waals surface area contributed by atoms with Crippen molar-refractivity contribution in [2.75, 3.05) is 0 Å². The highest BCUT2D eigenvalue weighted by atomic mass is 19.4. The fourth-order valence-electron chi connectivity index (χ4n) is 2.42. The van der Waals surface area contributed by atoms with Gasteiger partial charge in [-0.1, -0.05) is 0 Å². The largest absolute Gasteiger partial charge is 0.438 e. The SMILES string of the molecule is Cc1nn(CCC(=O)N2N=CCC2(O)C(F)(F)F)c(C)c1[N+](=O)[O-]. The highest BCUT2D eigenvalue weighted by Gasteiger charge is 2.61. The Morgan fingerprint density at radius 2 is 2.12 bits per heavy atom. The number of amides is 1. The van der Waals surface area contributed by atoms with E-state index in [1.54, 1.807) is 0 Å². The van der Waals surface area contributed by atoms with Gasteiger partial charge in [0, 0.05) is 19.1 Å². The van der Waals surface area contributed by atoms with Crippen LogP contribution in [-0.2, 0) is 11.3 Å². The summed E-state index contributed by atoms with van der Waals surface area (Å²) in [6.07, 6.45) is -5.57. The van der Waals surface area contributed by atoms with Gasteiger partial charge in [-0.25, -0.2) is 0 Å². The minimum absolute atomic E-state index is 0.00684. The van der Waals surface area contributed by atoms with Gasteiger partial charge in [0.2, 0.25) is 5.91 Å². The van der Waals surface area contributed by atoms with Crippen LogP contribution >= 0.6 is 0 Å². The van der Waals surface area contributed by atoms with Crippen molar-refractivity contribution in [2.24, 2.45) is 5.10 Å². The van der Waals surface area contributed by atoms with Crippen LogP contribution in [0.4, 0.5) is 18.9 Å². The van der Waals surface area contributed by atoms with Crippen molar-refractivity contribution < 1.29 is 28.0 Å². The molecule has 0 aromatic carbocycles. The number of alkyl halides is 3. The molecule has 1 aromatic heterocycles. The van der Waals surface area contributed by atoms with Crippen molar-refractivity contribution in [1.29, 1.82) is 0 Å². The molecular formula is C12H14F3N5O4. The molecule has 0 spiro atoms. The lowest BCUT2D eigenvalue weighted by atomic mass is 10.1. The van der Waals surface area contributed by atoms with Gasteiger partial charge in [-0.05, 0) is 13.8 Å². The third kappa shape index (κ3) is 2.84. The number of aryl methyl sites for hydroxylation is 2. The van der Waals surface area contributed by atoms with E-state index in [2.05, 4.69) is 10.2 Å². The lowest BCUT2D eigenvalue weighted by Gasteiger charge is -2.32. The minimum Gasteiger partial charge on any atom is -0.362 e. The summed E-state index contributed by atoms with van der Waals surface area (Å²) in [5.41, 5.74) is -3.27. The molecule has 0 radical (unpaired) electrons. The van der Waals surface area contributed by atoms with Crippen molar-refractivity contribution in [1.82, 2.24) is 14.8 Å². The number of halogens is 3. The number of hydrogen-bond donors (Lipinski definition) is 1. The molecule has 24 heavy (non-hydrogen) atoms. The number of rotatable bonds is 4. The summed E-state index contributed by atoms with van der Waals surface area (Å²) in [4.78, 5) is 22.3. The summed E-state index contributed by atoms with van der Waals surface area (Å²) in [7, 11) is 0. The molecule has 132 valence electrons. The Morgan fingerprint density at radius 1 is 1.50 bits per heavy atom. The Bertz CT molecular complexity index is 714. The fraction of sp³-hybridized carbons (Fsp3) is 0.583. The second-order valence-corrected chi connectivity index (χ2v) is 5.27. The van der Waals surface area contributed by atoms with Crippen LogP contribution in [0.1, 0.15) is 24.2 Å². The topological polar surface area (TPSA) is 114 Å². The summed E-state index contributed by atoms with van der Waals surface area (Å²) >= 11 is 0. The van der Waals surface area contributed by atoms with E-state index in [1.165, 1.54) is 13.8 Å². The van der Waals surface area contributed by atoms with Crippen molar-refractivity contribution in [3.05, 3.63) is 21.5 Å². The molecule has 0 saturated carbocycles. The zero-order valence-electron chi connectivity index (χ0n) is 12.7. The summed E-state index contributed by atoms with van der Waals surface area (Å²) in [5, 5.41) is 27.8. The van der Waals surface area contributed by atoms with E-state index >= 15 is 0 Å². The molecule has 1 atom stereocenters. The second-order valence-electron chi connectivity index (χ2n) is 5.27. The zero-order valence-corrected chi connectivity index (χ0v) is 12.7. The Morgan fingerprint density at radius 3 is 2.62 bits per heavy atom. The van der Waals surface area contributed by atoms with Gasteiger partial charge in [0.1, 0.15) is 11.4 Å². The first-order valence-electron chi connectivity index (χ1n) is 6.82. The third-order valence-electron chi connectivity index (χ3n) is 3.68. The van der Waals surface area contributed by atoms with Crippen molar-refractivity contribution >= 4 is 17.8 Å². The number of hydrogen-bond acceptors (Lipinski definition) is 6. The van der Waals surface area contributed by atoms with E-state index < -0.39 is 35.6 Å². The highest BCUT2D eigenvalue weighted by molar-refractivity contribution is 5.80.